The highest BCUT2D eigenvalue weighted by molar-refractivity contribution is 5.83. The molecule has 0 aromatic carbocycles. The number of ether oxygens (including phenoxy) is 2. The van der Waals surface area contributed by atoms with Crippen LogP contribution in [0, 0.1) is 0 Å². The molecule has 0 radical (unpaired) electrons. The molecule has 4 atom stereocenters. The third kappa shape index (κ3) is 2.72. The summed E-state index contributed by atoms with van der Waals surface area (Å²) < 4.78 is 10.5. The fourth-order valence-corrected chi connectivity index (χ4v) is 2.79. The monoisotopic (exact) mass is 288 g/mol. The molecule has 0 aromatic heterocycles. The van der Waals surface area contributed by atoms with E-state index in [1.54, 1.807) is 14.2 Å². The lowest BCUT2D eigenvalue weighted by Crippen LogP contribution is -2.47. The van der Waals surface area contributed by atoms with E-state index in [1.165, 1.54) is 9.80 Å². The normalized spacial score (nSPS) is 33.8. The number of urea groups is 1. The summed E-state index contributed by atoms with van der Waals surface area (Å²) in [5, 5.41) is 18.7. The van der Waals surface area contributed by atoms with Gasteiger partial charge >= 0.3 is 12.0 Å². The number of aliphatic hydroxyl groups is 1. The van der Waals surface area contributed by atoms with Crippen molar-refractivity contribution in [1.29, 1.82) is 0 Å². The summed E-state index contributed by atoms with van der Waals surface area (Å²) in [6.07, 6.45) is -1.17. The van der Waals surface area contributed by atoms with E-state index in [1.807, 2.05) is 0 Å². The summed E-state index contributed by atoms with van der Waals surface area (Å²) >= 11 is 0. The molecule has 20 heavy (non-hydrogen) atoms. The molecule has 2 N–H and O–H groups in total. The second-order valence-electron chi connectivity index (χ2n) is 5.13. The molecule has 2 saturated heterocycles. The molecule has 2 heterocycles. The van der Waals surface area contributed by atoms with E-state index < -0.39 is 24.1 Å². The van der Waals surface area contributed by atoms with Gasteiger partial charge in [0.25, 0.3) is 0 Å². The summed E-state index contributed by atoms with van der Waals surface area (Å²) in [5.41, 5.74) is 0. The van der Waals surface area contributed by atoms with Crippen LogP contribution in [-0.4, -0.2) is 90.2 Å². The average molecular weight is 288 g/mol. The molecule has 2 aliphatic rings. The maximum atomic E-state index is 12.4. The Kier molecular flexibility index (Phi) is 4.46. The van der Waals surface area contributed by atoms with Crippen LogP contribution in [0.5, 0.6) is 0 Å². The van der Waals surface area contributed by atoms with Gasteiger partial charge in [0.05, 0.1) is 19.2 Å². The third-order valence-electron chi connectivity index (χ3n) is 3.90. The third-order valence-corrected chi connectivity index (χ3v) is 3.90. The number of aliphatic hydroxyl groups excluding tert-OH is 1. The molecule has 0 bridgehead atoms. The van der Waals surface area contributed by atoms with Crippen LogP contribution in [0.25, 0.3) is 0 Å². The topological polar surface area (TPSA) is 99.5 Å². The van der Waals surface area contributed by atoms with Gasteiger partial charge in [-0.1, -0.05) is 0 Å². The van der Waals surface area contributed by atoms with Gasteiger partial charge in [0.15, 0.2) is 0 Å². The molecule has 2 amide bonds. The minimum Gasteiger partial charge on any atom is -0.480 e. The van der Waals surface area contributed by atoms with Crippen LogP contribution in [0.1, 0.15) is 6.42 Å². The Hall–Kier alpha value is -1.38. The van der Waals surface area contributed by atoms with Gasteiger partial charge in [-0.05, 0) is 0 Å². The Bertz CT molecular complexity index is 378. The molecule has 0 aliphatic carbocycles. The van der Waals surface area contributed by atoms with Gasteiger partial charge in [-0.15, -0.1) is 0 Å². The maximum absolute atomic E-state index is 12.4. The number of carbonyl (C=O) groups is 2. The number of methoxy groups -OCH3 is 2. The predicted molar refractivity (Wildman–Crippen MR) is 67.3 cm³/mol. The van der Waals surface area contributed by atoms with Gasteiger partial charge in [-0.3, -0.25) is 0 Å². The molecule has 8 nitrogen and oxygen atoms in total. The van der Waals surface area contributed by atoms with Crippen LogP contribution in [0.15, 0.2) is 0 Å². The van der Waals surface area contributed by atoms with E-state index in [0.29, 0.717) is 13.1 Å². The number of likely N-dealkylation sites (tertiary alicyclic amines) is 2. The minimum absolute atomic E-state index is 0.0433. The highest BCUT2D eigenvalue weighted by Crippen LogP contribution is 2.23. The lowest BCUT2D eigenvalue weighted by molar-refractivity contribution is -0.141. The summed E-state index contributed by atoms with van der Waals surface area (Å²) in [4.78, 5) is 26.3. The summed E-state index contributed by atoms with van der Waals surface area (Å²) in [6.45, 7) is 0.751. The summed E-state index contributed by atoms with van der Waals surface area (Å²) in [6, 6.07) is -1.37. The highest BCUT2D eigenvalue weighted by atomic mass is 16.5. The Labute approximate surface area is 116 Å². The van der Waals surface area contributed by atoms with E-state index in [4.69, 9.17) is 14.6 Å². The molecular weight excluding hydrogens is 268 g/mol. The summed E-state index contributed by atoms with van der Waals surface area (Å²) in [7, 11) is 3.09. The average Bonchev–Trinajstić information content (AvgIpc) is 3.00. The summed E-state index contributed by atoms with van der Waals surface area (Å²) in [5.74, 6) is -1.10. The Morgan fingerprint density at radius 3 is 2.10 bits per heavy atom. The number of carbonyl (C=O) groups excluding carboxylic acids is 1. The van der Waals surface area contributed by atoms with Gasteiger partial charge < -0.3 is 29.5 Å². The molecule has 114 valence electrons. The zero-order valence-electron chi connectivity index (χ0n) is 11.6. The molecule has 2 rings (SSSR count). The first-order chi connectivity index (χ1) is 9.47. The van der Waals surface area contributed by atoms with Crippen LogP contribution in [0.3, 0.4) is 0 Å². The molecule has 0 saturated carbocycles. The first kappa shape index (κ1) is 15.0. The van der Waals surface area contributed by atoms with Crippen molar-refractivity contribution in [3.05, 3.63) is 0 Å². The zero-order valence-corrected chi connectivity index (χ0v) is 11.6. The molecule has 4 unspecified atom stereocenters. The van der Waals surface area contributed by atoms with Gasteiger partial charge in [-0.25, -0.2) is 9.59 Å². The number of rotatable bonds is 3. The van der Waals surface area contributed by atoms with Gasteiger partial charge in [-0.2, -0.15) is 0 Å². The van der Waals surface area contributed by atoms with E-state index in [0.717, 1.165) is 0 Å². The number of carboxylic acids is 1. The zero-order chi connectivity index (χ0) is 14.9. The lowest BCUT2D eigenvalue weighted by atomic mass is 10.2. The van der Waals surface area contributed by atoms with Crippen molar-refractivity contribution in [3.8, 4) is 0 Å². The maximum Gasteiger partial charge on any atom is 0.326 e. The van der Waals surface area contributed by atoms with E-state index in [9.17, 15) is 14.7 Å². The Morgan fingerprint density at radius 2 is 1.65 bits per heavy atom. The number of hydrogen-bond donors (Lipinski definition) is 2. The Balaban J connectivity index is 2.06. The van der Waals surface area contributed by atoms with Crippen molar-refractivity contribution in [3.63, 3.8) is 0 Å². The fourth-order valence-electron chi connectivity index (χ4n) is 2.79. The number of carboxylic acid groups (broad SMARTS) is 1. The molecule has 0 spiro atoms. The first-order valence-corrected chi connectivity index (χ1v) is 6.50. The van der Waals surface area contributed by atoms with Crippen LogP contribution in [0.2, 0.25) is 0 Å². The number of amides is 2. The molecule has 8 heteroatoms. The van der Waals surface area contributed by atoms with Crippen molar-refractivity contribution in [2.24, 2.45) is 0 Å². The fraction of sp³-hybridized carbons (Fsp3) is 0.833. The van der Waals surface area contributed by atoms with E-state index in [-0.39, 0.29) is 25.2 Å². The second kappa shape index (κ2) is 5.94. The highest BCUT2D eigenvalue weighted by Gasteiger charge is 2.44. The standard InChI is InChI=1S/C12H20N2O6/c1-19-9-5-13(6-10(9)20-2)12(18)14-4-7(15)3-8(14)11(16)17/h7-10,15H,3-6H2,1-2H3,(H,16,17). The lowest BCUT2D eigenvalue weighted by Gasteiger charge is -2.27. The molecule has 2 aliphatic heterocycles. The van der Waals surface area contributed by atoms with Crippen molar-refractivity contribution < 1.29 is 29.3 Å². The SMILES string of the molecule is COC1CN(C(=O)N2CC(O)CC2C(=O)O)CC1OC. The van der Waals surface area contributed by atoms with Crippen molar-refractivity contribution >= 4 is 12.0 Å². The predicted octanol–water partition coefficient (Wildman–Crippen LogP) is -1.03. The molecule has 0 aromatic rings. The number of nitrogens with zero attached hydrogens (tertiary/aromatic N) is 2. The van der Waals surface area contributed by atoms with Crippen LogP contribution in [-0.2, 0) is 14.3 Å². The Morgan fingerprint density at radius 1 is 1.10 bits per heavy atom. The quantitative estimate of drug-likeness (QED) is 0.689. The van der Waals surface area contributed by atoms with Crippen molar-refractivity contribution in [2.45, 2.75) is 30.8 Å². The van der Waals surface area contributed by atoms with Crippen LogP contribution in [0.4, 0.5) is 4.79 Å². The van der Waals surface area contributed by atoms with Crippen LogP contribution < -0.4 is 0 Å². The number of aliphatic carboxylic acids is 1. The molecular formula is C12H20N2O6. The smallest absolute Gasteiger partial charge is 0.326 e. The van der Waals surface area contributed by atoms with Crippen LogP contribution >= 0.6 is 0 Å². The largest absolute Gasteiger partial charge is 0.480 e. The molecule has 2 fully saturated rings. The van der Waals surface area contributed by atoms with Crippen molar-refractivity contribution in [2.75, 3.05) is 33.9 Å². The second-order valence-corrected chi connectivity index (χ2v) is 5.13. The van der Waals surface area contributed by atoms with E-state index in [2.05, 4.69) is 0 Å². The van der Waals surface area contributed by atoms with Gasteiger partial charge in [0, 0.05) is 27.2 Å². The van der Waals surface area contributed by atoms with Gasteiger partial charge in [0.2, 0.25) is 0 Å². The number of β-amino-alcohol motifs (C(OH)–C–C–N with tert-alkyl or cyclic N) is 1. The van der Waals surface area contributed by atoms with E-state index >= 15 is 0 Å². The van der Waals surface area contributed by atoms with Crippen molar-refractivity contribution in [1.82, 2.24) is 9.80 Å². The first-order valence-electron chi connectivity index (χ1n) is 6.50. The minimum atomic E-state index is -1.10. The van der Waals surface area contributed by atoms with Gasteiger partial charge in [0.1, 0.15) is 18.2 Å². The number of hydrogen-bond acceptors (Lipinski definition) is 5.